The second-order valence-electron chi connectivity index (χ2n) is 16.0. The zero-order valence-electron chi connectivity index (χ0n) is 29.0. The molecular formula is C36H51N7O5. The summed E-state index contributed by atoms with van der Waals surface area (Å²) in [6.07, 6.45) is 9.22. The molecule has 2 N–H and O–H groups in total. The summed E-state index contributed by atoms with van der Waals surface area (Å²) in [5.74, 6) is 1.16. The van der Waals surface area contributed by atoms with Crippen LogP contribution in [0.3, 0.4) is 0 Å². The zero-order chi connectivity index (χ0) is 33.8. The highest BCUT2D eigenvalue weighted by atomic mass is 16.6. The Kier molecular flexibility index (Phi) is 8.44. The lowest BCUT2D eigenvalue weighted by Gasteiger charge is -2.54. The number of carbonyl (C=O) groups is 4. The summed E-state index contributed by atoms with van der Waals surface area (Å²) in [6, 6.07) is 6.57. The van der Waals surface area contributed by atoms with E-state index in [-0.39, 0.29) is 29.4 Å². The molecule has 5 amide bonds. The number of urea groups is 1. The van der Waals surface area contributed by atoms with Gasteiger partial charge in [0.2, 0.25) is 11.8 Å². The van der Waals surface area contributed by atoms with Crippen LogP contribution in [0.25, 0.3) is 10.9 Å². The quantitative estimate of drug-likeness (QED) is 0.471. The minimum absolute atomic E-state index is 0.232. The fraction of sp³-hybridized carbons (Fsp3) is 0.694. The van der Waals surface area contributed by atoms with E-state index in [1.54, 1.807) is 4.90 Å². The molecule has 0 atom stereocenters. The van der Waals surface area contributed by atoms with E-state index in [0.29, 0.717) is 30.2 Å². The van der Waals surface area contributed by atoms with Crippen LogP contribution < -0.4 is 15.5 Å². The van der Waals surface area contributed by atoms with Crippen molar-refractivity contribution in [3.05, 3.63) is 23.8 Å². The van der Waals surface area contributed by atoms with Crippen molar-refractivity contribution in [2.75, 3.05) is 37.6 Å². The van der Waals surface area contributed by atoms with E-state index in [0.717, 1.165) is 101 Å². The lowest BCUT2D eigenvalue weighted by atomic mass is 9.56. The zero-order valence-corrected chi connectivity index (χ0v) is 29.0. The normalized spacial score (nSPS) is 27.8. The predicted octanol–water partition coefficient (Wildman–Crippen LogP) is 4.81. The van der Waals surface area contributed by atoms with Crippen molar-refractivity contribution in [2.24, 2.45) is 12.5 Å². The molecule has 48 heavy (non-hydrogen) atoms. The van der Waals surface area contributed by atoms with Gasteiger partial charge >= 0.3 is 12.1 Å². The van der Waals surface area contributed by atoms with Gasteiger partial charge in [-0.1, -0.05) is 6.07 Å². The number of piperidine rings is 2. The standard InChI is InChI=1S/C36H51N7O5/c1-34(2,3)48-33(47)38-36-15-12-35(13-16-36,14-17-36)31(45)42-20-9-26(10-21-42)41-18-7-24(8-19-41)25-5-6-27-28(23-25)40(4)39-30(27)43-22-11-29(44)37-32(43)46/h5-6,23-24,26H,7-22H2,1-4H3,(H,38,47)(H,37,44,46). The molecular weight excluding hydrogens is 610 g/mol. The molecule has 6 aliphatic rings. The number of hydrogen-bond donors (Lipinski definition) is 2. The molecule has 6 fully saturated rings. The van der Waals surface area contributed by atoms with Crippen molar-refractivity contribution in [1.29, 1.82) is 0 Å². The van der Waals surface area contributed by atoms with Gasteiger partial charge in [0, 0.05) is 55.5 Å². The molecule has 0 unspecified atom stereocenters. The first-order chi connectivity index (χ1) is 22.8. The maximum absolute atomic E-state index is 13.9. The van der Waals surface area contributed by atoms with Crippen molar-refractivity contribution in [1.82, 2.24) is 30.2 Å². The number of alkyl carbamates (subject to hydrolysis) is 1. The van der Waals surface area contributed by atoms with E-state index in [2.05, 4.69) is 43.7 Å². The molecule has 3 aliphatic heterocycles. The molecule has 3 saturated heterocycles. The third-order valence-corrected chi connectivity index (χ3v) is 11.9. The number of rotatable bonds is 5. The van der Waals surface area contributed by atoms with Crippen LogP contribution in [0.5, 0.6) is 0 Å². The van der Waals surface area contributed by atoms with Crippen LogP contribution in [0.1, 0.15) is 103 Å². The van der Waals surface area contributed by atoms with Gasteiger partial charge in [0.1, 0.15) is 5.60 Å². The number of nitrogens with zero attached hydrogens (tertiary/aromatic N) is 5. The van der Waals surface area contributed by atoms with E-state index >= 15 is 0 Å². The maximum Gasteiger partial charge on any atom is 0.408 e. The Hall–Kier alpha value is -3.67. The Morgan fingerprint density at radius 1 is 0.938 bits per heavy atom. The molecule has 1 aromatic carbocycles. The molecule has 0 radical (unpaired) electrons. The number of ether oxygens (including phenoxy) is 1. The van der Waals surface area contributed by atoms with E-state index in [1.165, 1.54) is 5.56 Å². The number of nitrogens with one attached hydrogen (secondary N) is 2. The lowest BCUT2D eigenvalue weighted by molar-refractivity contribution is -0.151. The fourth-order valence-corrected chi connectivity index (χ4v) is 9.06. The molecule has 3 saturated carbocycles. The van der Waals surface area contributed by atoms with Gasteiger partial charge < -0.3 is 19.9 Å². The summed E-state index contributed by atoms with van der Waals surface area (Å²) >= 11 is 0. The highest BCUT2D eigenvalue weighted by Crippen LogP contribution is 2.53. The number of aryl methyl sites for hydroxylation is 1. The first-order valence-electron chi connectivity index (χ1n) is 18.0. The Morgan fingerprint density at radius 2 is 1.60 bits per heavy atom. The fourth-order valence-electron chi connectivity index (χ4n) is 9.06. The first kappa shape index (κ1) is 32.9. The Labute approximate surface area is 282 Å². The summed E-state index contributed by atoms with van der Waals surface area (Å²) in [6.45, 7) is 9.74. The number of imide groups is 1. The average molecular weight is 662 g/mol. The lowest BCUT2D eigenvalue weighted by Crippen LogP contribution is -2.61. The monoisotopic (exact) mass is 661 g/mol. The second kappa shape index (κ2) is 12.3. The van der Waals surface area contributed by atoms with Crippen LogP contribution in [-0.4, -0.2) is 93.4 Å². The number of amides is 5. The molecule has 3 aliphatic carbocycles. The molecule has 12 nitrogen and oxygen atoms in total. The third kappa shape index (κ3) is 6.28. The number of anilines is 1. The van der Waals surface area contributed by atoms with Crippen molar-refractivity contribution < 1.29 is 23.9 Å². The van der Waals surface area contributed by atoms with Gasteiger partial charge in [0.05, 0.1) is 5.52 Å². The Balaban J connectivity index is 0.899. The van der Waals surface area contributed by atoms with Crippen molar-refractivity contribution in [2.45, 2.75) is 114 Å². The first-order valence-corrected chi connectivity index (χ1v) is 18.0. The van der Waals surface area contributed by atoms with E-state index < -0.39 is 11.6 Å². The average Bonchev–Trinajstić information content (AvgIpc) is 3.39. The van der Waals surface area contributed by atoms with Crippen LogP contribution in [0.15, 0.2) is 18.2 Å². The van der Waals surface area contributed by atoms with Gasteiger partial charge in [-0.15, -0.1) is 0 Å². The van der Waals surface area contributed by atoms with Gasteiger partial charge in [0.25, 0.3) is 0 Å². The number of aromatic nitrogens is 2. The minimum atomic E-state index is -0.521. The van der Waals surface area contributed by atoms with Crippen LogP contribution in [0.2, 0.25) is 0 Å². The van der Waals surface area contributed by atoms with Crippen molar-refractivity contribution >= 4 is 40.7 Å². The number of benzene rings is 1. The Bertz CT molecular complexity index is 1570. The highest BCUT2D eigenvalue weighted by Gasteiger charge is 2.54. The van der Waals surface area contributed by atoms with Gasteiger partial charge in [-0.25, -0.2) is 9.59 Å². The van der Waals surface area contributed by atoms with Gasteiger partial charge in [-0.3, -0.25) is 24.5 Å². The predicted molar refractivity (Wildman–Crippen MR) is 182 cm³/mol. The minimum Gasteiger partial charge on any atom is -0.444 e. The van der Waals surface area contributed by atoms with Crippen LogP contribution in [0.4, 0.5) is 15.4 Å². The molecule has 2 bridgehead atoms. The molecule has 260 valence electrons. The molecule has 4 heterocycles. The third-order valence-electron chi connectivity index (χ3n) is 11.9. The van der Waals surface area contributed by atoms with Crippen molar-refractivity contribution in [3.8, 4) is 0 Å². The van der Waals surface area contributed by atoms with Crippen LogP contribution >= 0.6 is 0 Å². The molecule has 12 heteroatoms. The van der Waals surface area contributed by atoms with Crippen LogP contribution in [0, 0.1) is 5.41 Å². The molecule has 1 aromatic heterocycles. The Morgan fingerprint density at radius 3 is 2.23 bits per heavy atom. The number of carbonyl (C=O) groups excluding carboxylic acids is 4. The molecule has 8 rings (SSSR count). The van der Waals surface area contributed by atoms with Gasteiger partial charge in [-0.2, -0.15) is 5.10 Å². The van der Waals surface area contributed by atoms with Gasteiger partial charge in [-0.05, 0) is 122 Å². The summed E-state index contributed by atoms with van der Waals surface area (Å²) in [4.78, 5) is 56.9. The molecule has 2 aromatic rings. The second-order valence-corrected chi connectivity index (χ2v) is 16.0. The summed E-state index contributed by atoms with van der Waals surface area (Å²) in [7, 11) is 1.90. The van der Waals surface area contributed by atoms with E-state index in [9.17, 15) is 19.2 Å². The van der Waals surface area contributed by atoms with Crippen LogP contribution in [-0.2, 0) is 21.4 Å². The largest absolute Gasteiger partial charge is 0.444 e. The summed E-state index contributed by atoms with van der Waals surface area (Å²) < 4.78 is 7.37. The van der Waals surface area contributed by atoms with Gasteiger partial charge in [0.15, 0.2) is 5.82 Å². The number of hydrogen-bond acceptors (Lipinski definition) is 7. The van der Waals surface area contributed by atoms with E-state index in [1.807, 2.05) is 32.5 Å². The topological polar surface area (TPSA) is 129 Å². The maximum atomic E-state index is 13.9. The van der Waals surface area contributed by atoms with E-state index in [4.69, 9.17) is 4.74 Å². The SMILES string of the molecule is Cn1nc(N2CCC(=O)NC2=O)c2ccc(C3CCN(C4CCN(C(=O)C56CCC(NC(=O)OC(C)(C)C)(CC5)CC6)CC4)CC3)cc21. The summed E-state index contributed by atoms with van der Waals surface area (Å²) in [5.41, 5.74) is 1.28. The number of likely N-dealkylation sites (tertiary alicyclic amines) is 2. The smallest absolute Gasteiger partial charge is 0.408 e. The molecule has 0 spiro atoms. The highest BCUT2D eigenvalue weighted by molar-refractivity contribution is 6.08. The van der Waals surface area contributed by atoms with Crippen molar-refractivity contribution in [3.63, 3.8) is 0 Å². The number of fused-ring (bicyclic) bond motifs is 4. The summed E-state index contributed by atoms with van der Waals surface area (Å²) in [5, 5.41) is 11.1.